The lowest BCUT2D eigenvalue weighted by molar-refractivity contribution is -0.137. The number of nitrogens with two attached hydrogens (primary N) is 1. The molecule has 3 aromatic rings. The Hall–Kier alpha value is -3.51. The van der Waals surface area contributed by atoms with Crippen LogP contribution in [0.15, 0.2) is 72.8 Å². The lowest BCUT2D eigenvalue weighted by Gasteiger charge is -2.26. The van der Waals surface area contributed by atoms with E-state index in [1.165, 1.54) is 18.2 Å². The summed E-state index contributed by atoms with van der Waals surface area (Å²) in [5, 5.41) is 3.05. The van der Waals surface area contributed by atoms with Gasteiger partial charge in [0.15, 0.2) is 11.5 Å². The fourth-order valence-electron chi connectivity index (χ4n) is 3.83. The van der Waals surface area contributed by atoms with Gasteiger partial charge in [0.05, 0.1) is 5.56 Å². The summed E-state index contributed by atoms with van der Waals surface area (Å²) in [5.41, 5.74) is 6.07. The van der Waals surface area contributed by atoms with Crippen molar-refractivity contribution in [2.75, 3.05) is 0 Å². The number of hydrogen-bond donors (Lipinski definition) is 2. The van der Waals surface area contributed by atoms with Crippen LogP contribution in [0.3, 0.4) is 0 Å². The van der Waals surface area contributed by atoms with Crippen molar-refractivity contribution in [2.45, 2.75) is 44.3 Å². The van der Waals surface area contributed by atoms with Crippen molar-refractivity contribution in [2.24, 2.45) is 5.73 Å². The van der Waals surface area contributed by atoms with E-state index in [4.69, 9.17) is 5.73 Å². The number of nitrogens with one attached hydrogen (secondary N) is 1. The molecule has 0 radical (unpaired) electrons. The number of rotatable bonds is 12. The van der Waals surface area contributed by atoms with Crippen LogP contribution in [0.25, 0.3) is 0 Å². The van der Waals surface area contributed by atoms with E-state index in [-0.39, 0.29) is 30.8 Å². The van der Waals surface area contributed by atoms with Crippen LogP contribution in [-0.2, 0) is 17.4 Å². The van der Waals surface area contributed by atoms with Crippen LogP contribution in [-0.4, -0.2) is 19.1 Å². The molecule has 3 N–H and O–H groups in total. The largest absolute Gasteiger partial charge is 0.431 e. The number of alkyl halides is 7. The molecule has 3 rings (SSSR count). The third-order valence-electron chi connectivity index (χ3n) is 5.59. The molecule has 2 atom stereocenters. The van der Waals surface area contributed by atoms with Gasteiger partial charge in [0.1, 0.15) is 6.04 Å². The van der Waals surface area contributed by atoms with E-state index >= 15 is 0 Å². The molecule has 0 heterocycles. The van der Waals surface area contributed by atoms with Gasteiger partial charge < -0.3 is 15.2 Å². The van der Waals surface area contributed by atoms with E-state index in [0.717, 1.165) is 24.3 Å². The van der Waals surface area contributed by atoms with Crippen LogP contribution < -0.4 is 20.5 Å². The molecule has 39 heavy (non-hydrogen) atoms. The highest BCUT2D eigenvalue weighted by Gasteiger charge is 2.30. The zero-order chi connectivity index (χ0) is 27.9. The van der Waals surface area contributed by atoms with Gasteiger partial charge in [-0.1, -0.05) is 48.5 Å². The molecule has 0 aromatic heterocycles. The van der Waals surface area contributed by atoms with Crippen molar-refractivity contribution in [1.29, 1.82) is 0 Å². The van der Waals surface area contributed by atoms with Crippen LogP contribution in [0.4, 0.5) is 30.7 Å². The number of benzene rings is 3. The summed E-state index contributed by atoms with van der Waals surface area (Å²) in [6.45, 7) is -6.64. The Balaban J connectivity index is 0.00000533. The molecule has 0 spiro atoms. The highest BCUT2D eigenvalue weighted by Crippen LogP contribution is 2.35. The summed E-state index contributed by atoms with van der Waals surface area (Å²) < 4.78 is 98.8. The fourth-order valence-corrected chi connectivity index (χ4v) is 3.83. The molecular formula is C26H24ClF7N2O3. The lowest BCUT2D eigenvalue weighted by Crippen LogP contribution is -2.36. The maximum absolute atomic E-state index is 13.0. The van der Waals surface area contributed by atoms with Crippen molar-refractivity contribution in [1.82, 2.24) is 5.32 Å². The summed E-state index contributed by atoms with van der Waals surface area (Å²) in [6, 6.07) is 14.4. The van der Waals surface area contributed by atoms with E-state index in [0.29, 0.717) is 11.1 Å². The zero-order valence-corrected chi connectivity index (χ0v) is 20.8. The minimum atomic E-state index is -4.50. The van der Waals surface area contributed by atoms with Gasteiger partial charge in [-0.15, -0.1) is 12.4 Å². The average Bonchev–Trinajstić information content (AvgIpc) is 2.85. The molecule has 0 unspecified atom stereocenters. The highest BCUT2D eigenvalue weighted by atomic mass is 35.5. The van der Waals surface area contributed by atoms with E-state index in [1.54, 1.807) is 30.3 Å². The number of amides is 1. The molecule has 0 aliphatic rings. The number of halogens is 8. The molecule has 0 saturated heterocycles. The maximum Gasteiger partial charge on any atom is 0.416 e. The second-order valence-corrected chi connectivity index (χ2v) is 8.16. The average molecular weight is 581 g/mol. The van der Waals surface area contributed by atoms with Gasteiger partial charge in [-0.3, -0.25) is 10.1 Å². The van der Waals surface area contributed by atoms with E-state index in [9.17, 15) is 35.5 Å². The molecule has 212 valence electrons. The number of ether oxygens (including phenoxy) is 2. The Bertz CT molecular complexity index is 1200. The van der Waals surface area contributed by atoms with Crippen LogP contribution in [0, 0.1) is 0 Å². The molecule has 5 nitrogen and oxygen atoms in total. The first-order valence-electron chi connectivity index (χ1n) is 11.2. The van der Waals surface area contributed by atoms with Crippen molar-refractivity contribution >= 4 is 18.3 Å². The van der Waals surface area contributed by atoms with Crippen molar-refractivity contribution in [3.05, 3.63) is 95.1 Å². The van der Waals surface area contributed by atoms with Gasteiger partial charge in [0.25, 0.3) is 0 Å². The third-order valence-corrected chi connectivity index (χ3v) is 5.59. The Morgan fingerprint density at radius 1 is 0.821 bits per heavy atom. The highest BCUT2D eigenvalue weighted by molar-refractivity contribution is 5.85. The SMILES string of the molecule is Cl.NC(=O)[C@@H](N[C@H](CCc1ccc(C(F)(F)F)cc1)c1ccc(OC(F)F)c(OC(F)F)c1)c1ccccc1. The van der Waals surface area contributed by atoms with Gasteiger partial charge >= 0.3 is 19.4 Å². The molecule has 1 amide bonds. The van der Waals surface area contributed by atoms with Gasteiger partial charge in [0, 0.05) is 6.04 Å². The van der Waals surface area contributed by atoms with Crippen LogP contribution >= 0.6 is 12.4 Å². The molecule has 0 saturated carbocycles. The second kappa shape index (κ2) is 14.0. The van der Waals surface area contributed by atoms with Crippen molar-refractivity contribution in [3.8, 4) is 11.5 Å². The van der Waals surface area contributed by atoms with Gasteiger partial charge in [-0.25, -0.2) is 0 Å². The Labute approximate surface area is 225 Å². The number of aryl methyl sites for hydroxylation is 1. The van der Waals surface area contributed by atoms with Gasteiger partial charge in [-0.2, -0.15) is 30.7 Å². The first kappa shape index (κ1) is 31.7. The minimum Gasteiger partial charge on any atom is -0.431 e. The summed E-state index contributed by atoms with van der Waals surface area (Å²) in [6.07, 6.45) is -4.14. The number of primary amides is 1. The maximum atomic E-state index is 13.0. The zero-order valence-electron chi connectivity index (χ0n) is 20.0. The quantitative estimate of drug-likeness (QED) is 0.231. The van der Waals surface area contributed by atoms with Crippen molar-refractivity contribution in [3.63, 3.8) is 0 Å². The smallest absolute Gasteiger partial charge is 0.416 e. The van der Waals surface area contributed by atoms with E-state index < -0.39 is 54.5 Å². The summed E-state index contributed by atoms with van der Waals surface area (Å²) in [7, 11) is 0. The normalized spacial score (nSPS) is 13.1. The van der Waals surface area contributed by atoms with Crippen LogP contribution in [0.5, 0.6) is 11.5 Å². The molecule has 3 aromatic carbocycles. The second-order valence-electron chi connectivity index (χ2n) is 8.16. The van der Waals surface area contributed by atoms with Gasteiger partial charge in [-0.05, 0) is 53.8 Å². The fraction of sp³-hybridized carbons (Fsp3) is 0.269. The van der Waals surface area contributed by atoms with Crippen LogP contribution in [0.1, 0.15) is 40.8 Å². The van der Waals surface area contributed by atoms with Gasteiger partial charge in [0.2, 0.25) is 5.91 Å². The Morgan fingerprint density at radius 3 is 1.95 bits per heavy atom. The summed E-state index contributed by atoms with van der Waals surface area (Å²) in [5.74, 6) is -2.04. The third kappa shape index (κ3) is 9.32. The Kier molecular flexibility index (Phi) is 11.4. The molecular weight excluding hydrogens is 557 g/mol. The molecule has 13 heteroatoms. The molecule has 0 aliphatic heterocycles. The summed E-state index contributed by atoms with van der Waals surface area (Å²) in [4.78, 5) is 12.3. The molecule has 0 bridgehead atoms. The van der Waals surface area contributed by atoms with E-state index in [1.807, 2.05) is 0 Å². The first-order chi connectivity index (χ1) is 17.9. The summed E-state index contributed by atoms with van der Waals surface area (Å²) >= 11 is 0. The topological polar surface area (TPSA) is 73.6 Å². The van der Waals surface area contributed by atoms with Crippen LogP contribution in [0.2, 0.25) is 0 Å². The van der Waals surface area contributed by atoms with E-state index in [2.05, 4.69) is 14.8 Å². The van der Waals surface area contributed by atoms with Crippen molar-refractivity contribution < 1.29 is 45.0 Å². The lowest BCUT2D eigenvalue weighted by atomic mass is 9.95. The molecule has 0 aliphatic carbocycles. The predicted molar refractivity (Wildman–Crippen MR) is 131 cm³/mol. The minimum absolute atomic E-state index is 0. The number of hydrogen-bond acceptors (Lipinski definition) is 4. The Morgan fingerprint density at radius 2 is 1.41 bits per heavy atom. The monoisotopic (exact) mass is 580 g/mol. The molecule has 0 fully saturated rings. The number of carbonyl (C=O) groups is 1. The standard InChI is InChI=1S/C26H23F7N2O3.ClH/c27-24(28)37-20-13-9-17(14-21(20)38-25(29)30)19(35-22(23(34)36)16-4-2-1-3-5-16)12-8-15-6-10-18(11-7-15)26(31,32)33;/h1-7,9-11,13-14,19,22,24-25,35H,8,12H2,(H2,34,36);1H/t19-,22+;/m1./s1. The first-order valence-corrected chi connectivity index (χ1v) is 11.2. The predicted octanol–water partition coefficient (Wildman–Crippen LogP) is 6.82. The number of carbonyl (C=O) groups excluding carboxylic acids is 1.